The first-order valence-corrected chi connectivity index (χ1v) is 32.7. The van der Waals surface area contributed by atoms with Gasteiger partial charge in [0, 0.05) is 42.3 Å². The SMILES string of the molecule is C/C=C/C[C@@H](C)[C@@H](O)[C@@H](C(=O)N[C@H](C(=O)N(C)CC(=O)OC)[C@@H](C)O)N(C)C(=O)[C@H](C(C)C)N(C)C(=O)[C@H](CC(C)C)NC(=O)[C@H](CC(C)C)N(C)C(=O)[C@@H](C)NC(=O)[C@H](C)NC(=O)[C@H](CC(C)C)N(C)C(=O)[C@H](CC(C)C)NC(=O)[C@H](CC(C)C)N(C)C(=O)CNC. The van der Waals surface area contributed by atoms with Gasteiger partial charge < -0.3 is 76.3 Å². The topological polar surface area (TPSA) is 346 Å². The van der Waals surface area contributed by atoms with Gasteiger partial charge in [-0.1, -0.05) is 102 Å². The molecule has 0 aromatic heterocycles. The Morgan fingerprint density at radius 1 is 0.452 bits per heavy atom. The van der Waals surface area contributed by atoms with E-state index in [1.54, 1.807) is 53.9 Å². The average Bonchev–Trinajstić information content (AvgIpc) is 0.826. The minimum Gasteiger partial charge on any atom is -0.468 e. The highest BCUT2D eigenvalue weighted by Crippen LogP contribution is 2.24. The van der Waals surface area contributed by atoms with Gasteiger partial charge in [-0.05, 0) is 115 Å². The Balaban J connectivity index is 6.97. The Morgan fingerprint density at radius 3 is 1.25 bits per heavy atom. The molecule has 0 aliphatic heterocycles. The van der Waals surface area contributed by atoms with Gasteiger partial charge in [0.2, 0.25) is 65.0 Å². The number of rotatable bonds is 40. The van der Waals surface area contributed by atoms with Crippen LogP contribution >= 0.6 is 0 Å². The summed E-state index contributed by atoms with van der Waals surface area (Å²) in [6, 6.07) is -12.7. The van der Waals surface area contributed by atoms with Crippen molar-refractivity contribution in [3.63, 3.8) is 0 Å². The molecule has 0 saturated carbocycles. The summed E-state index contributed by atoms with van der Waals surface area (Å²) in [6.07, 6.45) is 1.63. The number of allylic oxidation sites excluding steroid dienone is 2. The van der Waals surface area contributed by atoms with Crippen molar-refractivity contribution in [1.29, 1.82) is 0 Å². The second-order valence-electron chi connectivity index (χ2n) is 27.5. The third-order valence-corrected chi connectivity index (χ3v) is 16.3. The van der Waals surface area contributed by atoms with Crippen molar-refractivity contribution in [1.82, 2.24) is 61.3 Å². The molecule has 0 aromatic carbocycles. The van der Waals surface area contributed by atoms with Crippen LogP contribution in [0.2, 0.25) is 0 Å². The average molecular weight is 1320 g/mol. The molecule has 11 amide bonds. The fourth-order valence-electron chi connectivity index (χ4n) is 10.9. The summed E-state index contributed by atoms with van der Waals surface area (Å²) in [7, 11) is 11.1. The third-order valence-electron chi connectivity index (χ3n) is 16.3. The number of carbonyl (C=O) groups excluding carboxylic acids is 12. The highest BCUT2D eigenvalue weighted by Gasteiger charge is 2.45. The standard InChI is InChI=1S/C66H120N12O15/c1-26-27-28-42(14)56(82)55(61(87)72-53(45(17)79)65(91)73(19)35-52(81)93-25)78(24)66(92)54(41(12)13)77(23)64(90)47(30-37(4)5)71-60(86)50(33-40(10)11)75(21)62(88)44(16)69-57(83)43(15)68-58(84)49(32-39(8)9)76(22)63(89)46(29-36(2)3)70-59(85)48(31-38(6)7)74(20)51(80)34-67-18/h26-27,36-50,53-56,67,79,82H,28-35H2,1-25H3,(H,68,84)(H,69,83)(H,70,85)(H,71,86)(H,72,87)/b27-26+/t42-,43+,44-,45-,46+,47+,48+,49+,50+,53+,54+,55+,56-/m1/s1. The molecule has 13 atom stereocenters. The van der Waals surface area contributed by atoms with E-state index >= 15 is 0 Å². The van der Waals surface area contributed by atoms with Gasteiger partial charge in [0.15, 0.2) is 0 Å². The second-order valence-corrected chi connectivity index (χ2v) is 27.5. The molecule has 0 aliphatic carbocycles. The van der Waals surface area contributed by atoms with Crippen LogP contribution in [-0.2, 0) is 62.3 Å². The number of aliphatic hydroxyl groups is 2. The normalized spacial score (nSPS) is 15.9. The number of methoxy groups -OCH3 is 1. The summed E-state index contributed by atoms with van der Waals surface area (Å²) >= 11 is 0. The zero-order valence-electron chi connectivity index (χ0n) is 60.7. The van der Waals surface area contributed by atoms with Gasteiger partial charge in [-0.15, -0.1) is 0 Å². The van der Waals surface area contributed by atoms with Crippen molar-refractivity contribution in [2.45, 2.75) is 229 Å². The summed E-state index contributed by atoms with van der Waals surface area (Å²) in [5, 5.41) is 39.0. The molecule has 0 rings (SSSR count). The summed E-state index contributed by atoms with van der Waals surface area (Å²) in [4.78, 5) is 175. The van der Waals surface area contributed by atoms with E-state index in [0.717, 1.165) is 16.9 Å². The minimum atomic E-state index is -1.69. The molecule has 0 saturated heterocycles. The Kier molecular flexibility index (Phi) is 38.2. The molecule has 27 nitrogen and oxygen atoms in total. The maximum absolute atomic E-state index is 14.9. The van der Waals surface area contributed by atoms with Crippen molar-refractivity contribution >= 4 is 70.9 Å². The molecule has 8 N–H and O–H groups in total. The van der Waals surface area contributed by atoms with Gasteiger partial charge in [-0.3, -0.25) is 57.5 Å². The summed E-state index contributed by atoms with van der Waals surface area (Å²) in [5.41, 5.74) is 0. The zero-order valence-corrected chi connectivity index (χ0v) is 60.7. The molecule has 0 aliphatic rings. The van der Waals surface area contributed by atoms with E-state index < -0.39 is 156 Å². The number of amides is 11. The predicted molar refractivity (Wildman–Crippen MR) is 356 cm³/mol. The number of esters is 1. The Bertz CT molecular complexity index is 2510. The van der Waals surface area contributed by atoms with Crippen molar-refractivity contribution in [2.75, 3.05) is 69.5 Å². The van der Waals surface area contributed by atoms with Crippen molar-refractivity contribution in [2.24, 2.45) is 41.4 Å². The van der Waals surface area contributed by atoms with Gasteiger partial charge >= 0.3 is 5.97 Å². The lowest BCUT2D eigenvalue weighted by Crippen LogP contribution is -2.64. The molecule has 93 heavy (non-hydrogen) atoms. The maximum Gasteiger partial charge on any atom is 0.325 e. The van der Waals surface area contributed by atoms with Gasteiger partial charge in [-0.2, -0.15) is 0 Å². The first-order chi connectivity index (χ1) is 42.9. The van der Waals surface area contributed by atoms with E-state index in [2.05, 4.69) is 36.6 Å². The van der Waals surface area contributed by atoms with E-state index in [0.29, 0.717) is 6.42 Å². The summed E-state index contributed by atoms with van der Waals surface area (Å²) in [6.45, 7) is 29.0. The lowest BCUT2D eigenvalue weighted by Gasteiger charge is -2.40. The Labute approximate surface area is 554 Å². The smallest absolute Gasteiger partial charge is 0.325 e. The molecular weight excluding hydrogens is 1200 g/mol. The van der Waals surface area contributed by atoms with Crippen LogP contribution in [0.1, 0.15) is 156 Å². The lowest BCUT2D eigenvalue weighted by molar-refractivity contribution is -0.155. The van der Waals surface area contributed by atoms with Crippen LogP contribution < -0.4 is 31.9 Å². The van der Waals surface area contributed by atoms with Crippen LogP contribution in [0.5, 0.6) is 0 Å². The van der Waals surface area contributed by atoms with E-state index in [1.807, 2.05) is 69.2 Å². The van der Waals surface area contributed by atoms with Crippen LogP contribution in [0, 0.1) is 41.4 Å². The van der Waals surface area contributed by atoms with E-state index in [9.17, 15) is 67.7 Å². The quantitative estimate of drug-likeness (QED) is 0.0320. The number of aliphatic hydroxyl groups excluding tert-OH is 2. The van der Waals surface area contributed by atoms with Crippen LogP contribution in [0.15, 0.2) is 12.2 Å². The molecule has 0 spiro atoms. The lowest BCUT2D eigenvalue weighted by atomic mass is 9.91. The third kappa shape index (κ3) is 27.6. The summed E-state index contributed by atoms with van der Waals surface area (Å²) in [5.74, 6) is -10.2. The monoisotopic (exact) mass is 1320 g/mol. The second kappa shape index (κ2) is 41.2. The van der Waals surface area contributed by atoms with Crippen molar-refractivity contribution < 1.29 is 72.5 Å². The van der Waals surface area contributed by atoms with Crippen LogP contribution in [0.25, 0.3) is 0 Å². The van der Waals surface area contributed by atoms with Crippen LogP contribution in [0.3, 0.4) is 0 Å². The molecule has 0 fully saturated rings. The molecule has 0 aromatic rings. The van der Waals surface area contributed by atoms with E-state index in [-0.39, 0.29) is 74.1 Å². The van der Waals surface area contributed by atoms with Gasteiger partial charge in [0.05, 0.1) is 25.9 Å². The predicted octanol–water partition coefficient (Wildman–Crippen LogP) is 1.67. The Hall–Kier alpha value is -6.74. The highest BCUT2D eigenvalue weighted by molar-refractivity contribution is 5.99. The van der Waals surface area contributed by atoms with Gasteiger partial charge in [-0.25, -0.2) is 0 Å². The van der Waals surface area contributed by atoms with Gasteiger partial charge in [0.25, 0.3) is 0 Å². The number of carbonyl (C=O) groups is 12. The fraction of sp³-hybridized carbons (Fsp3) is 0.788. The first kappa shape index (κ1) is 86.3. The van der Waals surface area contributed by atoms with Crippen LogP contribution in [-0.4, -0.2) is 253 Å². The van der Waals surface area contributed by atoms with Gasteiger partial charge in [0.1, 0.15) is 67.0 Å². The largest absolute Gasteiger partial charge is 0.468 e. The molecule has 0 heterocycles. The highest BCUT2D eigenvalue weighted by atomic mass is 16.5. The summed E-state index contributed by atoms with van der Waals surface area (Å²) < 4.78 is 4.67. The number of likely N-dealkylation sites (N-methyl/N-ethyl adjacent to an activating group) is 7. The molecule has 534 valence electrons. The molecule has 0 radical (unpaired) electrons. The van der Waals surface area contributed by atoms with E-state index in [4.69, 9.17) is 0 Å². The molecular formula is C66H120N12O15. The number of hydrogen-bond donors (Lipinski definition) is 8. The van der Waals surface area contributed by atoms with Crippen LogP contribution in [0.4, 0.5) is 0 Å². The number of hydrogen-bond acceptors (Lipinski definition) is 16. The Morgan fingerprint density at radius 2 is 0.849 bits per heavy atom. The first-order valence-electron chi connectivity index (χ1n) is 32.7. The molecule has 27 heteroatoms. The number of nitrogens with zero attached hydrogens (tertiary/aromatic N) is 6. The molecule has 0 bridgehead atoms. The molecule has 0 unspecified atom stereocenters. The van der Waals surface area contributed by atoms with E-state index in [1.165, 1.54) is 75.6 Å². The minimum absolute atomic E-state index is 0.00436. The fourth-order valence-corrected chi connectivity index (χ4v) is 10.9. The van der Waals surface area contributed by atoms with Crippen molar-refractivity contribution in [3.05, 3.63) is 12.2 Å². The number of ether oxygens (including phenoxy) is 1. The number of nitrogens with one attached hydrogen (secondary N) is 6. The van der Waals surface area contributed by atoms with Crippen molar-refractivity contribution in [3.8, 4) is 0 Å². The maximum atomic E-state index is 14.9. The zero-order chi connectivity index (χ0) is 72.4.